The zero-order valence-electron chi connectivity index (χ0n) is 6.17. The lowest BCUT2D eigenvalue weighted by Crippen LogP contribution is -2.02. The minimum Gasteiger partial charge on any atom is -0.476 e. The highest BCUT2D eigenvalue weighted by Crippen LogP contribution is 2.22. The maximum atomic E-state index is 12.0. The molecule has 0 aromatic carbocycles. The molecule has 0 bridgehead atoms. The second kappa shape index (κ2) is 3.66. The molecular formula is C7H4ClF2NO2. The van der Waals surface area contributed by atoms with Crippen LogP contribution in [-0.4, -0.2) is 16.1 Å². The Balaban J connectivity index is 3.13. The summed E-state index contributed by atoms with van der Waals surface area (Å²) in [6.45, 7) is 0. The van der Waals surface area contributed by atoms with E-state index >= 15 is 0 Å². The molecule has 0 spiro atoms. The van der Waals surface area contributed by atoms with Gasteiger partial charge >= 0.3 is 5.97 Å². The zero-order chi connectivity index (χ0) is 10.0. The van der Waals surface area contributed by atoms with E-state index in [1.165, 1.54) is 0 Å². The second-order valence-corrected chi connectivity index (χ2v) is 2.61. The smallest absolute Gasteiger partial charge is 0.356 e. The summed E-state index contributed by atoms with van der Waals surface area (Å²) in [5, 5.41) is 8.17. The minimum absolute atomic E-state index is 0.287. The van der Waals surface area contributed by atoms with E-state index in [4.69, 9.17) is 16.7 Å². The van der Waals surface area contributed by atoms with Crippen molar-refractivity contribution in [2.45, 2.75) is 6.43 Å². The Hall–Kier alpha value is -1.23. The largest absolute Gasteiger partial charge is 0.476 e. The third kappa shape index (κ3) is 2.12. The molecule has 3 nitrogen and oxygen atoms in total. The fraction of sp³-hybridized carbons (Fsp3) is 0.143. The summed E-state index contributed by atoms with van der Waals surface area (Å²) in [7, 11) is 0. The summed E-state index contributed by atoms with van der Waals surface area (Å²) in [5.41, 5.74) is -0.818. The fourth-order valence-electron chi connectivity index (χ4n) is 0.729. The van der Waals surface area contributed by atoms with Crippen LogP contribution in [0.25, 0.3) is 0 Å². The number of hydrogen-bond acceptors (Lipinski definition) is 2. The maximum Gasteiger partial charge on any atom is 0.356 e. The Morgan fingerprint density at radius 1 is 1.62 bits per heavy atom. The summed E-state index contributed by atoms with van der Waals surface area (Å²) in [4.78, 5) is 13.7. The molecule has 70 valence electrons. The number of carbonyl (C=O) groups is 1. The van der Waals surface area contributed by atoms with E-state index in [2.05, 4.69) is 4.98 Å². The average molecular weight is 208 g/mol. The summed E-state index contributed by atoms with van der Waals surface area (Å²) < 4.78 is 24.1. The van der Waals surface area contributed by atoms with Crippen molar-refractivity contribution < 1.29 is 18.7 Å². The van der Waals surface area contributed by atoms with Crippen molar-refractivity contribution in [3.05, 3.63) is 28.5 Å². The molecule has 1 N–H and O–H groups in total. The van der Waals surface area contributed by atoms with Gasteiger partial charge in [0.1, 0.15) is 0 Å². The Morgan fingerprint density at radius 2 is 2.23 bits per heavy atom. The number of rotatable bonds is 2. The van der Waals surface area contributed by atoms with Gasteiger partial charge in [-0.3, -0.25) is 0 Å². The monoisotopic (exact) mass is 207 g/mol. The summed E-state index contributed by atoms with van der Waals surface area (Å²) in [6, 6.07) is 0.892. The molecule has 6 heteroatoms. The van der Waals surface area contributed by atoms with Crippen LogP contribution in [0.3, 0.4) is 0 Å². The third-order valence-electron chi connectivity index (χ3n) is 1.32. The van der Waals surface area contributed by atoms with Gasteiger partial charge in [-0.1, -0.05) is 11.6 Å². The van der Waals surface area contributed by atoms with E-state index in [0.717, 1.165) is 12.3 Å². The van der Waals surface area contributed by atoms with Gasteiger partial charge in [0.05, 0.1) is 5.02 Å². The first-order valence-corrected chi connectivity index (χ1v) is 3.57. The molecule has 13 heavy (non-hydrogen) atoms. The van der Waals surface area contributed by atoms with Crippen molar-refractivity contribution in [1.82, 2.24) is 4.98 Å². The molecule has 0 saturated heterocycles. The normalized spacial score (nSPS) is 10.5. The number of aromatic nitrogens is 1. The van der Waals surface area contributed by atoms with Crippen LogP contribution in [0.4, 0.5) is 8.78 Å². The molecule has 1 aromatic heterocycles. The molecule has 1 heterocycles. The lowest BCUT2D eigenvalue weighted by Gasteiger charge is -2.01. The van der Waals surface area contributed by atoms with Crippen molar-refractivity contribution in [2.75, 3.05) is 0 Å². The lowest BCUT2D eigenvalue weighted by molar-refractivity contribution is 0.0690. The predicted octanol–water partition coefficient (Wildman–Crippen LogP) is 2.37. The van der Waals surface area contributed by atoms with Gasteiger partial charge in [0.2, 0.25) is 0 Å². The van der Waals surface area contributed by atoms with Gasteiger partial charge in [-0.25, -0.2) is 18.6 Å². The van der Waals surface area contributed by atoms with Gasteiger partial charge in [-0.2, -0.15) is 0 Å². The van der Waals surface area contributed by atoms with Crippen molar-refractivity contribution in [3.63, 3.8) is 0 Å². The molecular weight excluding hydrogens is 204 g/mol. The van der Waals surface area contributed by atoms with Crippen LogP contribution < -0.4 is 0 Å². The first-order valence-electron chi connectivity index (χ1n) is 3.19. The van der Waals surface area contributed by atoms with Crippen LogP contribution in [0.2, 0.25) is 5.02 Å². The first-order chi connectivity index (χ1) is 6.02. The topological polar surface area (TPSA) is 50.2 Å². The highest BCUT2D eigenvalue weighted by Gasteiger charge is 2.14. The Bertz CT molecular complexity index is 343. The SMILES string of the molecule is O=C(O)c1ncc(C(F)F)cc1Cl. The summed E-state index contributed by atoms with van der Waals surface area (Å²) >= 11 is 5.39. The van der Waals surface area contributed by atoms with Gasteiger partial charge in [0, 0.05) is 11.8 Å². The van der Waals surface area contributed by atoms with Crippen molar-refractivity contribution >= 4 is 17.6 Å². The molecule has 0 amide bonds. The van der Waals surface area contributed by atoms with Crippen LogP contribution in [0.15, 0.2) is 12.3 Å². The predicted molar refractivity (Wildman–Crippen MR) is 41.2 cm³/mol. The number of halogens is 3. The quantitative estimate of drug-likeness (QED) is 0.810. The first kappa shape index (κ1) is 9.85. The molecule has 0 atom stereocenters. The maximum absolute atomic E-state index is 12.0. The number of aromatic carboxylic acids is 1. The van der Waals surface area contributed by atoms with Crippen LogP contribution in [0.1, 0.15) is 22.5 Å². The van der Waals surface area contributed by atoms with Crippen molar-refractivity contribution in [2.24, 2.45) is 0 Å². The van der Waals surface area contributed by atoms with Crippen LogP contribution in [-0.2, 0) is 0 Å². The fourth-order valence-corrected chi connectivity index (χ4v) is 0.985. The molecule has 0 aliphatic heterocycles. The Labute approximate surface area is 77.0 Å². The molecule has 0 aliphatic rings. The molecule has 0 unspecified atom stereocenters. The second-order valence-electron chi connectivity index (χ2n) is 2.20. The number of hydrogen-bond donors (Lipinski definition) is 1. The summed E-state index contributed by atoms with van der Waals surface area (Å²) in [5.74, 6) is -1.34. The molecule has 0 saturated carbocycles. The number of carboxylic acids is 1. The highest BCUT2D eigenvalue weighted by molar-refractivity contribution is 6.33. The van der Waals surface area contributed by atoms with E-state index < -0.39 is 23.7 Å². The third-order valence-corrected chi connectivity index (χ3v) is 1.61. The van der Waals surface area contributed by atoms with E-state index in [9.17, 15) is 13.6 Å². The van der Waals surface area contributed by atoms with Crippen LogP contribution in [0.5, 0.6) is 0 Å². The Morgan fingerprint density at radius 3 is 2.62 bits per heavy atom. The van der Waals surface area contributed by atoms with E-state index in [0.29, 0.717) is 0 Å². The lowest BCUT2D eigenvalue weighted by atomic mass is 10.2. The minimum atomic E-state index is -2.70. The number of nitrogens with zero attached hydrogens (tertiary/aromatic N) is 1. The standard InChI is InChI=1S/C7H4ClF2NO2/c8-4-1-3(6(9)10)2-11-5(4)7(12)13/h1-2,6H,(H,12,13). The zero-order valence-corrected chi connectivity index (χ0v) is 6.92. The van der Waals surface area contributed by atoms with E-state index in [1.54, 1.807) is 0 Å². The molecule has 0 radical (unpaired) electrons. The van der Waals surface area contributed by atoms with Crippen molar-refractivity contribution in [3.8, 4) is 0 Å². The molecule has 1 rings (SSSR count). The number of pyridine rings is 1. The van der Waals surface area contributed by atoms with Crippen molar-refractivity contribution in [1.29, 1.82) is 0 Å². The highest BCUT2D eigenvalue weighted by atomic mass is 35.5. The number of alkyl halides is 2. The number of carboxylic acid groups (broad SMARTS) is 1. The van der Waals surface area contributed by atoms with Gasteiger partial charge in [-0.15, -0.1) is 0 Å². The molecule has 1 aromatic rings. The molecule has 0 fully saturated rings. The van der Waals surface area contributed by atoms with Gasteiger partial charge in [-0.05, 0) is 6.07 Å². The summed E-state index contributed by atoms with van der Waals surface area (Å²) in [6.07, 6.45) is -1.91. The van der Waals surface area contributed by atoms with Gasteiger partial charge in [0.15, 0.2) is 5.69 Å². The van der Waals surface area contributed by atoms with Gasteiger partial charge in [0.25, 0.3) is 6.43 Å². The average Bonchev–Trinajstić information content (AvgIpc) is 2.03. The van der Waals surface area contributed by atoms with Crippen LogP contribution in [0, 0.1) is 0 Å². The Kier molecular flexibility index (Phi) is 2.77. The van der Waals surface area contributed by atoms with E-state index in [-0.39, 0.29) is 5.02 Å². The van der Waals surface area contributed by atoms with E-state index in [1.807, 2.05) is 0 Å². The van der Waals surface area contributed by atoms with Crippen LogP contribution >= 0.6 is 11.6 Å². The molecule has 0 aliphatic carbocycles. The van der Waals surface area contributed by atoms with Gasteiger partial charge < -0.3 is 5.11 Å².